The van der Waals surface area contributed by atoms with Gasteiger partial charge in [-0.3, -0.25) is 4.79 Å². The average molecular weight is 412 g/mol. The molecule has 1 aromatic rings. The lowest BCUT2D eigenvalue weighted by molar-refractivity contribution is -0.968. The number of aliphatic hydroxyl groups is 1. The van der Waals surface area contributed by atoms with Gasteiger partial charge in [-0.1, -0.05) is 30.3 Å². The van der Waals surface area contributed by atoms with E-state index in [-0.39, 0.29) is 35.7 Å². The predicted molar refractivity (Wildman–Crippen MR) is 93.5 cm³/mol. The Balaban J connectivity index is 0.00000225. The molecule has 0 aromatic heterocycles. The minimum atomic E-state index is -0.572. The van der Waals surface area contributed by atoms with Crippen LogP contribution in [0.2, 0.25) is 0 Å². The van der Waals surface area contributed by atoms with Gasteiger partial charge in [0.25, 0.3) is 0 Å². The molecular weight excluding hydrogens is 382 g/mol. The molecule has 140 valence electrons. The second-order valence-corrected chi connectivity index (χ2v) is 7.88. The van der Waals surface area contributed by atoms with E-state index in [1.54, 1.807) is 0 Å². The van der Waals surface area contributed by atoms with Crippen molar-refractivity contribution in [1.29, 1.82) is 0 Å². The third-order valence-corrected chi connectivity index (χ3v) is 6.54. The predicted octanol–water partition coefficient (Wildman–Crippen LogP) is -0.142. The zero-order valence-electron chi connectivity index (χ0n) is 15.4. The van der Waals surface area contributed by atoms with Gasteiger partial charge < -0.3 is 31.3 Å². The number of quaternary nitrogens is 1. The largest absolute Gasteiger partial charge is 1.00 e. The highest BCUT2D eigenvalue weighted by Gasteiger charge is 2.53. The quantitative estimate of drug-likeness (QED) is 0.541. The van der Waals surface area contributed by atoms with Crippen LogP contribution in [-0.4, -0.2) is 53.4 Å². The summed E-state index contributed by atoms with van der Waals surface area (Å²) in [6.07, 6.45) is 4.36. The second-order valence-electron chi connectivity index (χ2n) is 7.88. The molecule has 0 radical (unpaired) electrons. The van der Waals surface area contributed by atoms with Crippen LogP contribution in [0.5, 0.6) is 0 Å². The van der Waals surface area contributed by atoms with Gasteiger partial charge >= 0.3 is 5.97 Å². The van der Waals surface area contributed by atoms with Gasteiger partial charge in [-0.2, -0.15) is 0 Å². The van der Waals surface area contributed by atoms with Gasteiger partial charge in [-0.05, 0) is 19.4 Å². The van der Waals surface area contributed by atoms with Crippen LogP contribution in [0.4, 0.5) is 0 Å². The number of carbonyl (C=O) groups is 1. The zero-order valence-corrected chi connectivity index (χ0v) is 17.0. The molecule has 2 aliphatic heterocycles. The molecule has 25 heavy (non-hydrogen) atoms. The number of carbonyl (C=O) groups excluding carboxylic acids is 1. The van der Waals surface area contributed by atoms with E-state index < -0.39 is 5.92 Å². The second kappa shape index (κ2) is 8.19. The number of fused-ring (bicyclic) bond motifs is 2. The fourth-order valence-corrected chi connectivity index (χ4v) is 4.82. The van der Waals surface area contributed by atoms with E-state index in [4.69, 9.17) is 4.74 Å². The lowest BCUT2D eigenvalue weighted by Gasteiger charge is -2.49. The number of rotatable bonds is 5. The van der Waals surface area contributed by atoms with Gasteiger partial charge in [0.05, 0.1) is 31.8 Å². The molecule has 5 atom stereocenters. The summed E-state index contributed by atoms with van der Waals surface area (Å²) in [4.78, 5) is 12.6. The molecule has 0 aliphatic carbocycles. The highest BCUT2D eigenvalue weighted by atomic mass is 79.9. The standard InChI is InChI=1S/C20H30NO3.BrH/c1-14(2)21(3)16-9-10-17(21)12-18(11-16)24-20(23)19(13-22)15-7-5-4-6-8-15;/h4-8,14,16-19,22H,9-13H2,1-3H3;1H/q+1;/p-1/t16-,17?,18?,19?,21?;/m0./s1. The van der Waals surface area contributed by atoms with Crippen molar-refractivity contribution in [2.24, 2.45) is 0 Å². The number of ether oxygens (including phenoxy) is 1. The normalized spacial score (nSPS) is 32.1. The Morgan fingerprint density at radius 2 is 1.76 bits per heavy atom. The number of hydrogen-bond donors (Lipinski definition) is 1. The molecule has 1 N–H and O–H groups in total. The maximum absolute atomic E-state index is 12.6. The van der Waals surface area contributed by atoms with Crippen molar-refractivity contribution < 1.29 is 36.1 Å². The maximum Gasteiger partial charge on any atom is 0.316 e. The van der Waals surface area contributed by atoms with Crippen molar-refractivity contribution in [3.05, 3.63) is 35.9 Å². The molecule has 4 unspecified atom stereocenters. The number of piperidine rings is 1. The maximum atomic E-state index is 12.6. The molecule has 3 rings (SSSR count). The number of nitrogens with zero attached hydrogens (tertiary/aromatic N) is 1. The van der Waals surface area contributed by atoms with Gasteiger partial charge in [0.15, 0.2) is 0 Å². The van der Waals surface area contributed by atoms with Crippen LogP contribution in [0.3, 0.4) is 0 Å². The van der Waals surface area contributed by atoms with Gasteiger partial charge in [0, 0.05) is 25.7 Å². The van der Waals surface area contributed by atoms with Crippen LogP contribution in [0, 0.1) is 0 Å². The zero-order chi connectivity index (χ0) is 17.3. The molecule has 2 aliphatic rings. The average Bonchev–Trinajstić information content (AvgIpc) is 2.74. The first-order valence-corrected chi connectivity index (χ1v) is 9.18. The van der Waals surface area contributed by atoms with Gasteiger partial charge in [-0.25, -0.2) is 0 Å². The van der Waals surface area contributed by atoms with Crippen molar-refractivity contribution in [3.8, 4) is 0 Å². The van der Waals surface area contributed by atoms with Crippen molar-refractivity contribution in [3.63, 3.8) is 0 Å². The Bertz CT molecular complexity index is 564. The summed E-state index contributed by atoms with van der Waals surface area (Å²) in [5, 5.41) is 9.65. The van der Waals surface area contributed by atoms with E-state index in [1.165, 1.54) is 12.8 Å². The van der Waals surface area contributed by atoms with Crippen molar-refractivity contribution >= 4 is 5.97 Å². The first-order valence-electron chi connectivity index (χ1n) is 9.18. The van der Waals surface area contributed by atoms with Gasteiger partial charge in [0.1, 0.15) is 12.0 Å². The molecule has 2 heterocycles. The first kappa shape index (κ1) is 20.4. The number of esters is 1. The van der Waals surface area contributed by atoms with E-state index in [0.29, 0.717) is 18.1 Å². The van der Waals surface area contributed by atoms with E-state index in [2.05, 4.69) is 20.9 Å². The summed E-state index contributed by atoms with van der Waals surface area (Å²) in [5.41, 5.74) is 0.826. The molecule has 5 heteroatoms. The Kier molecular flexibility index (Phi) is 6.68. The topological polar surface area (TPSA) is 46.5 Å². The molecular formula is C20H30BrNO3. The number of halogens is 1. The Morgan fingerprint density at radius 1 is 1.20 bits per heavy atom. The monoisotopic (exact) mass is 411 g/mol. The number of benzene rings is 1. The first-order chi connectivity index (χ1) is 11.5. The summed E-state index contributed by atoms with van der Waals surface area (Å²) in [6.45, 7) is 4.39. The van der Waals surface area contributed by atoms with Crippen molar-refractivity contribution in [1.82, 2.24) is 0 Å². The third kappa shape index (κ3) is 3.79. The van der Waals surface area contributed by atoms with Crippen LogP contribution in [0.25, 0.3) is 0 Å². The highest BCUT2D eigenvalue weighted by molar-refractivity contribution is 5.78. The van der Waals surface area contributed by atoms with Crippen LogP contribution in [0.15, 0.2) is 30.3 Å². The molecule has 0 saturated carbocycles. The van der Waals surface area contributed by atoms with E-state index in [1.807, 2.05) is 30.3 Å². The molecule has 2 fully saturated rings. The lowest BCUT2D eigenvalue weighted by atomic mass is 9.94. The van der Waals surface area contributed by atoms with Gasteiger partial charge in [-0.15, -0.1) is 0 Å². The summed E-state index contributed by atoms with van der Waals surface area (Å²) >= 11 is 0. The van der Waals surface area contributed by atoms with E-state index >= 15 is 0 Å². The number of aliphatic hydroxyl groups excluding tert-OH is 1. The number of hydrogen-bond acceptors (Lipinski definition) is 3. The van der Waals surface area contributed by atoms with E-state index in [9.17, 15) is 9.90 Å². The fraction of sp³-hybridized carbons (Fsp3) is 0.650. The van der Waals surface area contributed by atoms with Crippen LogP contribution in [-0.2, 0) is 9.53 Å². The minimum Gasteiger partial charge on any atom is -1.00 e. The summed E-state index contributed by atoms with van der Waals surface area (Å²) in [6, 6.07) is 11.2. The molecule has 0 spiro atoms. The Hall–Kier alpha value is -0.910. The van der Waals surface area contributed by atoms with Crippen LogP contribution < -0.4 is 17.0 Å². The SMILES string of the molecule is CC(C)[N+]1(C)C2CC[C@H]1CC(OC(=O)C(CO)c1ccccc1)C2.[Br-]. The molecule has 2 saturated heterocycles. The smallest absolute Gasteiger partial charge is 0.316 e. The molecule has 1 aromatic carbocycles. The third-order valence-electron chi connectivity index (χ3n) is 6.54. The summed E-state index contributed by atoms with van der Waals surface area (Å²) < 4.78 is 6.96. The summed E-state index contributed by atoms with van der Waals surface area (Å²) in [7, 11) is 2.37. The fourth-order valence-electron chi connectivity index (χ4n) is 4.82. The molecule has 0 amide bonds. The van der Waals surface area contributed by atoms with Crippen LogP contribution in [0.1, 0.15) is 51.0 Å². The summed E-state index contributed by atoms with van der Waals surface area (Å²) in [5.74, 6) is -0.856. The van der Waals surface area contributed by atoms with Gasteiger partial charge in [0.2, 0.25) is 0 Å². The molecule has 4 nitrogen and oxygen atoms in total. The minimum absolute atomic E-state index is 0. The van der Waals surface area contributed by atoms with E-state index in [0.717, 1.165) is 22.9 Å². The van der Waals surface area contributed by atoms with Crippen molar-refractivity contribution in [2.75, 3.05) is 13.7 Å². The molecule has 2 bridgehead atoms. The Labute approximate surface area is 161 Å². The Morgan fingerprint density at radius 3 is 2.24 bits per heavy atom. The van der Waals surface area contributed by atoms with Crippen LogP contribution >= 0.6 is 0 Å². The van der Waals surface area contributed by atoms with Crippen molar-refractivity contribution in [2.45, 2.75) is 69.7 Å². The lowest BCUT2D eigenvalue weighted by Crippen LogP contribution is -3.00. The highest BCUT2D eigenvalue weighted by Crippen LogP contribution is 2.44.